The highest BCUT2D eigenvalue weighted by Crippen LogP contribution is 2.11. The van der Waals surface area contributed by atoms with Gasteiger partial charge in [0.1, 0.15) is 6.04 Å². The van der Waals surface area contributed by atoms with Crippen molar-refractivity contribution in [2.75, 3.05) is 19.7 Å². The summed E-state index contributed by atoms with van der Waals surface area (Å²) in [6.07, 6.45) is 12.3. The lowest BCUT2D eigenvalue weighted by atomic mass is 10.1. The molecule has 0 aromatic rings. The number of nitrogens with one attached hydrogen (secondary N) is 1. The van der Waals surface area contributed by atoms with Crippen LogP contribution in [0, 0.1) is 0 Å². The molecule has 11 nitrogen and oxygen atoms in total. The van der Waals surface area contributed by atoms with E-state index in [4.69, 9.17) is 21.3 Å². The van der Waals surface area contributed by atoms with Crippen molar-refractivity contribution in [3.8, 4) is 0 Å². The number of rotatable bonds is 17. The molecule has 0 bridgehead atoms. The molecule has 1 atom stereocenters. The Morgan fingerprint density at radius 1 is 1.03 bits per heavy atom. The number of nitrogens with zero attached hydrogens (tertiary/aromatic N) is 2. The van der Waals surface area contributed by atoms with E-state index in [1.54, 1.807) is 6.92 Å². The summed E-state index contributed by atoms with van der Waals surface area (Å²) in [5.41, 5.74) is 10.6. The molecule has 0 aliphatic carbocycles. The van der Waals surface area contributed by atoms with Crippen LogP contribution in [0.5, 0.6) is 0 Å². The van der Waals surface area contributed by atoms with Gasteiger partial charge in [-0.1, -0.05) is 58.3 Å². The number of hydrogen-bond acceptors (Lipinski definition) is 6. The first kappa shape index (κ1) is 33.1. The first-order valence-corrected chi connectivity index (χ1v) is 13.3. The zero-order valence-corrected chi connectivity index (χ0v) is 22.1. The van der Waals surface area contributed by atoms with Crippen LogP contribution in [0.1, 0.15) is 104 Å². The summed E-state index contributed by atoms with van der Waals surface area (Å²) >= 11 is 0. The first-order chi connectivity index (χ1) is 17.2. The summed E-state index contributed by atoms with van der Waals surface area (Å²) in [4.78, 5) is 49.5. The fraction of sp³-hybridized carbons (Fsp3) is 0.800. The first-order valence-electron chi connectivity index (χ1n) is 13.3. The van der Waals surface area contributed by atoms with Crippen LogP contribution in [0.3, 0.4) is 0 Å². The van der Waals surface area contributed by atoms with Gasteiger partial charge in [0, 0.05) is 25.9 Å². The van der Waals surface area contributed by atoms with Gasteiger partial charge in [0.05, 0.1) is 6.61 Å². The molecule has 1 saturated heterocycles. The minimum atomic E-state index is -1.13. The van der Waals surface area contributed by atoms with Crippen molar-refractivity contribution in [2.45, 2.75) is 110 Å². The predicted molar refractivity (Wildman–Crippen MR) is 139 cm³/mol. The second-order valence-electron chi connectivity index (χ2n) is 8.83. The molecule has 11 heteroatoms. The molecule has 6 N–H and O–H groups in total. The van der Waals surface area contributed by atoms with Crippen molar-refractivity contribution in [3.05, 3.63) is 0 Å². The highest BCUT2D eigenvalue weighted by molar-refractivity contribution is 5.92. The van der Waals surface area contributed by atoms with E-state index >= 15 is 0 Å². The molecule has 3 amide bonds. The molecule has 1 rings (SSSR count). The Balaban J connectivity index is 0.00000113. The number of amides is 3. The van der Waals surface area contributed by atoms with Crippen LogP contribution in [0.4, 0.5) is 4.79 Å². The molecule has 0 saturated carbocycles. The average Bonchev–Trinajstić information content (AvgIpc) is 3.26. The summed E-state index contributed by atoms with van der Waals surface area (Å²) in [6, 6.07) is -0.634. The minimum absolute atomic E-state index is 0.0251. The smallest absolute Gasteiger partial charge is 0.414 e. The van der Waals surface area contributed by atoms with E-state index in [1.165, 1.54) is 44.9 Å². The predicted octanol–water partition coefficient (Wildman–Crippen LogP) is 3.30. The highest BCUT2D eigenvalue weighted by Gasteiger charge is 2.25. The molecule has 36 heavy (non-hydrogen) atoms. The SMILES string of the molecule is CCCCCCCCCCCC(=O)N[C@@H](CCCN=C(N)N)C(=O)OCC.O=C(O)N1CCCC1=O. The Kier molecular flexibility index (Phi) is 19.7. The summed E-state index contributed by atoms with van der Waals surface area (Å²) in [5.74, 6) is -0.750. The molecule has 1 heterocycles. The van der Waals surface area contributed by atoms with Gasteiger partial charge in [-0.2, -0.15) is 0 Å². The summed E-state index contributed by atoms with van der Waals surface area (Å²) in [7, 11) is 0. The van der Waals surface area contributed by atoms with Gasteiger partial charge < -0.3 is 26.6 Å². The third-order valence-electron chi connectivity index (χ3n) is 5.66. The summed E-state index contributed by atoms with van der Waals surface area (Å²) in [5, 5.41) is 11.1. The zero-order valence-electron chi connectivity index (χ0n) is 22.1. The number of hydrogen-bond donors (Lipinski definition) is 4. The van der Waals surface area contributed by atoms with Crippen LogP contribution in [-0.2, 0) is 19.1 Å². The molecule has 0 unspecified atom stereocenters. The van der Waals surface area contributed by atoms with Gasteiger partial charge in [-0.3, -0.25) is 14.6 Å². The number of carbonyl (C=O) groups is 4. The maximum Gasteiger partial charge on any atom is 0.414 e. The Morgan fingerprint density at radius 2 is 1.64 bits per heavy atom. The van der Waals surface area contributed by atoms with Gasteiger partial charge in [-0.05, 0) is 32.6 Å². The Labute approximate surface area is 215 Å². The van der Waals surface area contributed by atoms with Crippen LogP contribution in [0.15, 0.2) is 4.99 Å². The van der Waals surface area contributed by atoms with Gasteiger partial charge in [-0.25, -0.2) is 14.5 Å². The van der Waals surface area contributed by atoms with E-state index in [0.717, 1.165) is 17.7 Å². The number of unbranched alkanes of at least 4 members (excludes halogenated alkanes) is 8. The van der Waals surface area contributed by atoms with Crippen molar-refractivity contribution < 1.29 is 29.0 Å². The molecule has 1 aliphatic heterocycles. The zero-order chi connectivity index (χ0) is 27.2. The average molecular weight is 514 g/mol. The lowest BCUT2D eigenvalue weighted by molar-refractivity contribution is -0.147. The molecular weight excluding hydrogens is 466 g/mol. The number of carbonyl (C=O) groups excluding carboxylic acids is 3. The second-order valence-corrected chi connectivity index (χ2v) is 8.83. The number of esters is 1. The van der Waals surface area contributed by atoms with Crippen LogP contribution in [0.2, 0.25) is 0 Å². The van der Waals surface area contributed by atoms with E-state index in [0.29, 0.717) is 45.2 Å². The maximum absolute atomic E-state index is 12.1. The summed E-state index contributed by atoms with van der Waals surface area (Å²) < 4.78 is 5.04. The van der Waals surface area contributed by atoms with E-state index in [2.05, 4.69) is 17.2 Å². The van der Waals surface area contributed by atoms with Crippen molar-refractivity contribution in [1.82, 2.24) is 10.2 Å². The van der Waals surface area contributed by atoms with Gasteiger partial charge >= 0.3 is 12.1 Å². The minimum Gasteiger partial charge on any atom is -0.465 e. The number of nitrogens with two attached hydrogens (primary N) is 2. The molecule has 208 valence electrons. The lowest BCUT2D eigenvalue weighted by Crippen LogP contribution is -2.42. The quantitative estimate of drug-likeness (QED) is 0.0990. The third kappa shape index (κ3) is 17.6. The van der Waals surface area contributed by atoms with Gasteiger partial charge in [-0.15, -0.1) is 0 Å². The van der Waals surface area contributed by atoms with Crippen LogP contribution in [-0.4, -0.2) is 65.6 Å². The molecule has 0 aromatic heterocycles. The van der Waals surface area contributed by atoms with Gasteiger partial charge in [0.25, 0.3) is 0 Å². The molecule has 1 fully saturated rings. The van der Waals surface area contributed by atoms with Crippen LogP contribution < -0.4 is 16.8 Å². The molecule has 0 radical (unpaired) electrons. The van der Waals surface area contributed by atoms with E-state index in [9.17, 15) is 19.2 Å². The second kappa shape index (κ2) is 21.4. The molecular formula is C25H47N5O6. The standard InChI is InChI=1S/C20H40N4O3.C5H7NO3/c1-3-5-6-7-8-9-10-11-12-15-18(25)24-17(19(26)27-4-2)14-13-16-23-20(21)22;7-4-2-1-3-6(4)5(8)9/h17H,3-16H2,1-2H3,(H,24,25)(H4,21,22,23);1-3H2,(H,8,9)/t17-;/m0./s1. The van der Waals surface area contributed by atoms with Crippen molar-refractivity contribution >= 4 is 29.8 Å². The normalized spacial score (nSPS) is 13.4. The lowest BCUT2D eigenvalue weighted by Gasteiger charge is -2.17. The molecule has 1 aliphatic rings. The number of likely N-dealkylation sites (tertiary alicyclic amines) is 1. The molecule has 0 aromatic carbocycles. The van der Waals surface area contributed by atoms with Crippen LogP contribution in [0.25, 0.3) is 0 Å². The fourth-order valence-corrected chi connectivity index (χ4v) is 3.71. The molecule has 0 spiro atoms. The fourth-order valence-electron chi connectivity index (χ4n) is 3.71. The van der Waals surface area contributed by atoms with Gasteiger partial charge in [0.2, 0.25) is 11.8 Å². The third-order valence-corrected chi connectivity index (χ3v) is 5.66. The number of aliphatic imine (C=N–C) groups is 1. The van der Waals surface area contributed by atoms with Crippen molar-refractivity contribution in [3.63, 3.8) is 0 Å². The van der Waals surface area contributed by atoms with E-state index in [-0.39, 0.29) is 24.4 Å². The Bertz CT molecular complexity index is 682. The topological polar surface area (TPSA) is 177 Å². The van der Waals surface area contributed by atoms with E-state index in [1.807, 2.05) is 0 Å². The number of guanidine groups is 1. The number of carboxylic acid groups (broad SMARTS) is 1. The largest absolute Gasteiger partial charge is 0.465 e. The van der Waals surface area contributed by atoms with Crippen LogP contribution >= 0.6 is 0 Å². The maximum atomic E-state index is 12.1. The van der Waals surface area contributed by atoms with E-state index < -0.39 is 18.1 Å². The van der Waals surface area contributed by atoms with Crippen molar-refractivity contribution in [2.24, 2.45) is 16.5 Å². The van der Waals surface area contributed by atoms with Crippen molar-refractivity contribution in [1.29, 1.82) is 0 Å². The number of imide groups is 1. The number of ether oxygens (including phenoxy) is 1. The summed E-state index contributed by atoms with van der Waals surface area (Å²) in [6.45, 7) is 5.05. The Hall–Kier alpha value is -2.85. The monoisotopic (exact) mass is 513 g/mol. The highest BCUT2D eigenvalue weighted by atomic mass is 16.5. The van der Waals surface area contributed by atoms with Gasteiger partial charge in [0.15, 0.2) is 5.96 Å². The Morgan fingerprint density at radius 3 is 2.11 bits per heavy atom.